The van der Waals surface area contributed by atoms with E-state index in [1.165, 1.54) is 6.42 Å². The Bertz CT molecular complexity index is 426. The Morgan fingerprint density at radius 1 is 1.28 bits per heavy atom. The van der Waals surface area contributed by atoms with Gasteiger partial charge in [0.2, 0.25) is 0 Å². The first-order chi connectivity index (χ1) is 8.56. The number of piperidine rings is 1. The predicted octanol–water partition coefficient (Wildman–Crippen LogP) is 3.96. The summed E-state index contributed by atoms with van der Waals surface area (Å²) in [4.78, 5) is 14.1. The average Bonchev–Trinajstić information content (AvgIpc) is 2.31. The number of halogens is 1. The van der Waals surface area contributed by atoms with Crippen molar-refractivity contribution in [2.45, 2.75) is 20.3 Å². The minimum Gasteiger partial charge on any atom is -0.324 e. The summed E-state index contributed by atoms with van der Waals surface area (Å²) in [6.45, 7) is 6.10. The SMILES string of the molecule is C[C@@H]1C[C@@H](C)CN(C(=O)Nc2ccccc2Br)C1. The van der Waals surface area contributed by atoms with Crippen LogP contribution in [0.5, 0.6) is 0 Å². The first kappa shape index (κ1) is 13.4. The van der Waals surface area contributed by atoms with E-state index in [1.807, 2.05) is 29.2 Å². The monoisotopic (exact) mass is 310 g/mol. The highest BCUT2D eigenvalue weighted by atomic mass is 79.9. The molecule has 1 saturated heterocycles. The third kappa shape index (κ3) is 3.25. The van der Waals surface area contributed by atoms with Crippen molar-refractivity contribution in [3.8, 4) is 0 Å². The fourth-order valence-corrected chi connectivity index (χ4v) is 2.97. The summed E-state index contributed by atoms with van der Waals surface area (Å²) >= 11 is 3.44. The van der Waals surface area contributed by atoms with Gasteiger partial charge in [-0.2, -0.15) is 0 Å². The number of hydrogen-bond donors (Lipinski definition) is 1. The zero-order chi connectivity index (χ0) is 13.1. The van der Waals surface area contributed by atoms with Crippen LogP contribution in [0, 0.1) is 11.8 Å². The first-order valence-electron chi connectivity index (χ1n) is 6.36. The normalized spacial score (nSPS) is 23.8. The number of rotatable bonds is 1. The van der Waals surface area contributed by atoms with Crippen molar-refractivity contribution in [3.05, 3.63) is 28.7 Å². The lowest BCUT2D eigenvalue weighted by atomic mass is 9.92. The molecular formula is C14H19BrN2O. The van der Waals surface area contributed by atoms with Crippen molar-refractivity contribution in [3.63, 3.8) is 0 Å². The van der Waals surface area contributed by atoms with Crippen LogP contribution < -0.4 is 5.32 Å². The molecule has 1 N–H and O–H groups in total. The van der Waals surface area contributed by atoms with Crippen molar-refractivity contribution >= 4 is 27.6 Å². The van der Waals surface area contributed by atoms with Crippen LogP contribution in [0.1, 0.15) is 20.3 Å². The summed E-state index contributed by atoms with van der Waals surface area (Å²) in [6, 6.07) is 7.68. The van der Waals surface area contributed by atoms with Crippen LogP contribution in [-0.2, 0) is 0 Å². The lowest BCUT2D eigenvalue weighted by Gasteiger charge is -2.35. The lowest BCUT2D eigenvalue weighted by Crippen LogP contribution is -2.44. The number of urea groups is 1. The third-order valence-electron chi connectivity index (χ3n) is 3.27. The molecule has 0 bridgehead atoms. The minimum atomic E-state index is 0.000278. The van der Waals surface area contributed by atoms with Crippen molar-refractivity contribution in [2.75, 3.05) is 18.4 Å². The van der Waals surface area contributed by atoms with Crippen LogP contribution in [0.2, 0.25) is 0 Å². The minimum absolute atomic E-state index is 0.000278. The van der Waals surface area contributed by atoms with Crippen LogP contribution in [0.25, 0.3) is 0 Å². The number of para-hydroxylation sites is 1. The Morgan fingerprint density at radius 2 is 1.89 bits per heavy atom. The topological polar surface area (TPSA) is 32.3 Å². The van der Waals surface area contributed by atoms with Gasteiger partial charge in [-0.1, -0.05) is 26.0 Å². The maximum Gasteiger partial charge on any atom is 0.321 e. The highest BCUT2D eigenvalue weighted by Crippen LogP contribution is 2.24. The van der Waals surface area contributed by atoms with E-state index >= 15 is 0 Å². The number of hydrogen-bond acceptors (Lipinski definition) is 1. The molecule has 0 saturated carbocycles. The summed E-state index contributed by atoms with van der Waals surface area (Å²) in [5.41, 5.74) is 0.827. The molecule has 0 aliphatic carbocycles. The number of amides is 2. The van der Waals surface area contributed by atoms with E-state index in [0.717, 1.165) is 23.2 Å². The van der Waals surface area contributed by atoms with E-state index in [-0.39, 0.29) is 6.03 Å². The van der Waals surface area contributed by atoms with Crippen LogP contribution in [0.15, 0.2) is 28.7 Å². The standard InChI is InChI=1S/C14H19BrN2O/c1-10-7-11(2)9-17(8-10)14(18)16-13-6-4-3-5-12(13)15/h3-6,10-11H,7-9H2,1-2H3,(H,16,18)/t10-,11-/m1/s1. The predicted molar refractivity (Wildman–Crippen MR) is 77.7 cm³/mol. The smallest absolute Gasteiger partial charge is 0.321 e. The zero-order valence-corrected chi connectivity index (χ0v) is 12.4. The van der Waals surface area contributed by atoms with Crippen LogP contribution >= 0.6 is 15.9 Å². The molecule has 2 rings (SSSR count). The van der Waals surface area contributed by atoms with Gasteiger partial charge in [0.15, 0.2) is 0 Å². The van der Waals surface area contributed by atoms with Crippen molar-refractivity contribution in [1.82, 2.24) is 4.90 Å². The number of nitrogens with zero attached hydrogens (tertiary/aromatic N) is 1. The number of nitrogens with one attached hydrogen (secondary N) is 1. The number of anilines is 1. The molecule has 4 heteroatoms. The number of carbonyl (C=O) groups is 1. The molecule has 0 spiro atoms. The van der Waals surface area contributed by atoms with Gasteiger partial charge >= 0.3 is 6.03 Å². The van der Waals surface area contributed by atoms with Gasteiger partial charge in [-0.15, -0.1) is 0 Å². The second kappa shape index (κ2) is 5.74. The molecule has 1 aromatic carbocycles. The lowest BCUT2D eigenvalue weighted by molar-refractivity contribution is 0.156. The quantitative estimate of drug-likeness (QED) is 0.836. The average molecular weight is 311 g/mol. The summed E-state index contributed by atoms with van der Waals surface area (Å²) < 4.78 is 0.913. The highest BCUT2D eigenvalue weighted by Gasteiger charge is 2.25. The second-order valence-corrected chi connectivity index (χ2v) is 6.12. The van der Waals surface area contributed by atoms with Gasteiger partial charge in [-0.3, -0.25) is 0 Å². The van der Waals surface area contributed by atoms with E-state index in [4.69, 9.17) is 0 Å². The van der Waals surface area contributed by atoms with Crippen molar-refractivity contribution in [1.29, 1.82) is 0 Å². The van der Waals surface area contributed by atoms with Gasteiger partial charge in [0.1, 0.15) is 0 Å². The van der Waals surface area contributed by atoms with Gasteiger partial charge in [0.25, 0.3) is 0 Å². The third-order valence-corrected chi connectivity index (χ3v) is 3.96. The van der Waals surface area contributed by atoms with Crippen molar-refractivity contribution in [2.24, 2.45) is 11.8 Å². The van der Waals surface area contributed by atoms with E-state index in [1.54, 1.807) is 0 Å². The van der Waals surface area contributed by atoms with E-state index < -0.39 is 0 Å². The summed E-state index contributed by atoms with van der Waals surface area (Å²) in [5.74, 6) is 1.16. The van der Waals surface area contributed by atoms with Crippen LogP contribution in [-0.4, -0.2) is 24.0 Å². The molecule has 1 heterocycles. The molecule has 0 unspecified atom stereocenters. The maximum atomic E-state index is 12.2. The molecule has 1 aliphatic heterocycles. The Morgan fingerprint density at radius 3 is 2.50 bits per heavy atom. The summed E-state index contributed by atoms with van der Waals surface area (Å²) in [6.07, 6.45) is 1.21. The molecule has 0 aromatic heterocycles. The molecule has 1 aliphatic rings. The van der Waals surface area contributed by atoms with E-state index in [9.17, 15) is 4.79 Å². The van der Waals surface area contributed by atoms with Gasteiger partial charge < -0.3 is 10.2 Å². The Hall–Kier alpha value is -1.03. The van der Waals surface area contributed by atoms with Gasteiger partial charge in [-0.05, 0) is 46.3 Å². The van der Waals surface area contributed by atoms with Gasteiger partial charge in [0, 0.05) is 17.6 Å². The number of carbonyl (C=O) groups excluding carboxylic acids is 1. The van der Waals surface area contributed by atoms with Crippen LogP contribution in [0.3, 0.4) is 0 Å². The van der Waals surface area contributed by atoms with Crippen LogP contribution in [0.4, 0.5) is 10.5 Å². The molecule has 2 amide bonds. The fraction of sp³-hybridized carbons (Fsp3) is 0.500. The Kier molecular flexibility index (Phi) is 4.27. The number of benzene rings is 1. The van der Waals surface area contributed by atoms with E-state index in [0.29, 0.717) is 11.8 Å². The zero-order valence-electron chi connectivity index (χ0n) is 10.8. The molecule has 3 nitrogen and oxygen atoms in total. The Balaban J connectivity index is 2.02. The van der Waals surface area contributed by atoms with E-state index in [2.05, 4.69) is 35.1 Å². The fourth-order valence-electron chi connectivity index (χ4n) is 2.59. The summed E-state index contributed by atoms with van der Waals surface area (Å²) in [5, 5.41) is 2.96. The Labute approximate surface area is 117 Å². The molecule has 18 heavy (non-hydrogen) atoms. The molecule has 1 aromatic rings. The second-order valence-electron chi connectivity index (χ2n) is 5.26. The molecule has 98 valence electrons. The molecular weight excluding hydrogens is 292 g/mol. The van der Waals surface area contributed by atoms with Gasteiger partial charge in [-0.25, -0.2) is 4.79 Å². The van der Waals surface area contributed by atoms with Gasteiger partial charge in [0.05, 0.1) is 5.69 Å². The first-order valence-corrected chi connectivity index (χ1v) is 7.16. The summed E-state index contributed by atoms with van der Waals surface area (Å²) in [7, 11) is 0. The highest BCUT2D eigenvalue weighted by molar-refractivity contribution is 9.10. The largest absolute Gasteiger partial charge is 0.324 e. The van der Waals surface area contributed by atoms with Crippen molar-refractivity contribution < 1.29 is 4.79 Å². The molecule has 2 atom stereocenters. The maximum absolute atomic E-state index is 12.2. The number of likely N-dealkylation sites (tertiary alicyclic amines) is 1. The molecule has 0 radical (unpaired) electrons. The molecule has 1 fully saturated rings.